The Kier molecular flexibility index (Phi) is 4.93. The van der Waals surface area contributed by atoms with Crippen LogP contribution < -0.4 is 10.2 Å². The molecule has 1 aromatic rings. The van der Waals surface area contributed by atoms with Gasteiger partial charge >= 0.3 is 0 Å². The van der Waals surface area contributed by atoms with Gasteiger partial charge in [0.1, 0.15) is 0 Å². The number of carbonyl (C=O) groups excluding carboxylic acids is 1. The van der Waals surface area contributed by atoms with Crippen LogP contribution in [0.15, 0.2) is 12.3 Å². The van der Waals surface area contributed by atoms with E-state index in [-0.39, 0.29) is 11.8 Å². The molecule has 0 aromatic carbocycles. The largest absolute Gasteiger partial charge is 0.356 e. The van der Waals surface area contributed by atoms with E-state index in [4.69, 9.17) is 0 Å². The van der Waals surface area contributed by atoms with Gasteiger partial charge in [0.25, 0.3) is 0 Å². The second-order valence-electron chi connectivity index (χ2n) is 5.90. The van der Waals surface area contributed by atoms with Crippen LogP contribution in [0.3, 0.4) is 0 Å². The summed E-state index contributed by atoms with van der Waals surface area (Å²) in [6, 6.07) is 1.90. The fraction of sp³-hybridized carbons (Fsp3) is 0.667. The zero-order valence-electron chi connectivity index (χ0n) is 12.6. The van der Waals surface area contributed by atoms with E-state index in [1.807, 2.05) is 13.0 Å². The number of amides is 1. The number of anilines is 1. The summed E-state index contributed by atoms with van der Waals surface area (Å²) in [5, 5.41) is 3.03. The number of nitrogens with zero attached hydrogens (tertiary/aromatic N) is 3. The molecular formula is C15H24N4O. The first-order chi connectivity index (χ1) is 9.56. The maximum atomic E-state index is 12.0. The Morgan fingerprint density at radius 1 is 1.45 bits per heavy atom. The third-order valence-corrected chi connectivity index (χ3v) is 3.62. The van der Waals surface area contributed by atoms with Gasteiger partial charge in [-0.2, -0.15) is 0 Å². The summed E-state index contributed by atoms with van der Waals surface area (Å²) < 4.78 is 0. The molecule has 0 radical (unpaired) electrons. The first-order valence-corrected chi connectivity index (χ1v) is 7.38. The lowest BCUT2D eigenvalue weighted by Gasteiger charge is -2.31. The van der Waals surface area contributed by atoms with Crippen molar-refractivity contribution in [2.45, 2.75) is 33.6 Å². The summed E-state index contributed by atoms with van der Waals surface area (Å²) in [6.45, 7) is 8.65. The number of hydrogen-bond acceptors (Lipinski definition) is 4. The van der Waals surface area contributed by atoms with Crippen molar-refractivity contribution in [1.82, 2.24) is 15.3 Å². The van der Waals surface area contributed by atoms with E-state index >= 15 is 0 Å². The van der Waals surface area contributed by atoms with E-state index in [2.05, 4.69) is 34.0 Å². The van der Waals surface area contributed by atoms with Gasteiger partial charge in [0.15, 0.2) is 0 Å². The quantitative estimate of drug-likeness (QED) is 0.910. The summed E-state index contributed by atoms with van der Waals surface area (Å²) in [6.07, 6.45) is 3.54. The van der Waals surface area contributed by atoms with Gasteiger partial charge in [0, 0.05) is 37.4 Å². The van der Waals surface area contributed by atoms with Crippen molar-refractivity contribution in [3.8, 4) is 0 Å². The standard InChI is InChI=1S/C15H24N4O/c1-11(2)10-17-14(20)13-5-8-19(9-6-13)15-16-7-4-12(3)18-15/h4,7,11,13H,5-6,8-10H2,1-3H3,(H,17,20). The van der Waals surface area contributed by atoms with Gasteiger partial charge in [-0.3, -0.25) is 4.79 Å². The molecule has 110 valence electrons. The predicted octanol–water partition coefficient (Wildman–Crippen LogP) is 1.77. The highest BCUT2D eigenvalue weighted by atomic mass is 16.1. The molecule has 1 aromatic heterocycles. The first-order valence-electron chi connectivity index (χ1n) is 7.38. The smallest absolute Gasteiger partial charge is 0.225 e. The number of hydrogen-bond donors (Lipinski definition) is 1. The number of carbonyl (C=O) groups is 1. The van der Waals surface area contributed by atoms with Crippen LogP contribution in [-0.2, 0) is 4.79 Å². The van der Waals surface area contributed by atoms with Crippen molar-refractivity contribution >= 4 is 11.9 Å². The average molecular weight is 276 g/mol. The third-order valence-electron chi connectivity index (χ3n) is 3.62. The Labute approximate surface area is 120 Å². The molecule has 1 aliphatic heterocycles. The minimum absolute atomic E-state index is 0.134. The van der Waals surface area contributed by atoms with Crippen molar-refractivity contribution in [2.75, 3.05) is 24.5 Å². The molecule has 2 rings (SSSR count). The monoisotopic (exact) mass is 276 g/mol. The highest BCUT2D eigenvalue weighted by Crippen LogP contribution is 2.20. The molecule has 5 heteroatoms. The van der Waals surface area contributed by atoms with Crippen molar-refractivity contribution in [3.05, 3.63) is 18.0 Å². The zero-order chi connectivity index (χ0) is 14.5. The number of rotatable bonds is 4. The molecule has 0 unspecified atom stereocenters. The Balaban J connectivity index is 1.84. The normalized spacial score (nSPS) is 16.5. The molecule has 1 aliphatic rings. The topological polar surface area (TPSA) is 58.1 Å². The molecule has 0 spiro atoms. The molecule has 5 nitrogen and oxygen atoms in total. The van der Waals surface area contributed by atoms with Crippen LogP contribution in [0, 0.1) is 18.8 Å². The van der Waals surface area contributed by atoms with Gasteiger partial charge < -0.3 is 10.2 Å². The van der Waals surface area contributed by atoms with Crippen LogP contribution in [0.25, 0.3) is 0 Å². The lowest BCUT2D eigenvalue weighted by Crippen LogP contribution is -2.42. The van der Waals surface area contributed by atoms with Crippen molar-refractivity contribution in [1.29, 1.82) is 0 Å². The zero-order valence-corrected chi connectivity index (χ0v) is 12.6. The van der Waals surface area contributed by atoms with Gasteiger partial charge in [0.2, 0.25) is 11.9 Å². The third kappa shape index (κ3) is 3.92. The van der Waals surface area contributed by atoms with Gasteiger partial charge in [-0.05, 0) is 31.7 Å². The summed E-state index contributed by atoms with van der Waals surface area (Å²) in [5.41, 5.74) is 0.979. The van der Waals surface area contributed by atoms with Crippen LogP contribution in [0.4, 0.5) is 5.95 Å². The Bertz CT molecular complexity index is 453. The highest BCUT2D eigenvalue weighted by molar-refractivity contribution is 5.78. The lowest BCUT2D eigenvalue weighted by atomic mass is 9.96. The van der Waals surface area contributed by atoms with E-state index in [1.54, 1.807) is 6.20 Å². The molecule has 1 saturated heterocycles. The Morgan fingerprint density at radius 3 is 2.75 bits per heavy atom. The van der Waals surface area contributed by atoms with Crippen LogP contribution >= 0.6 is 0 Å². The molecule has 1 fully saturated rings. The second kappa shape index (κ2) is 6.68. The molecule has 0 saturated carbocycles. The molecular weight excluding hydrogens is 252 g/mol. The molecule has 1 N–H and O–H groups in total. The maximum Gasteiger partial charge on any atom is 0.225 e. The number of piperidine rings is 1. The first kappa shape index (κ1) is 14.8. The number of nitrogens with one attached hydrogen (secondary N) is 1. The molecule has 20 heavy (non-hydrogen) atoms. The van der Waals surface area contributed by atoms with E-state index < -0.39 is 0 Å². The minimum Gasteiger partial charge on any atom is -0.356 e. The Hall–Kier alpha value is -1.65. The van der Waals surface area contributed by atoms with Gasteiger partial charge in [-0.25, -0.2) is 9.97 Å². The summed E-state index contributed by atoms with van der Waals surface area (Å²) in [4.78, 5) is 23.0. The van der Waals surface area contributed by atoms with Crippen LogP contribution in [0.5, 0.6) is 0 Å². The van der Waals surface area contributed by atoms with Crippen molar-refractivity contribution < 1.29 is 4.79 Å². The number of aryl methyl sites for hydroxylation is 1. The average Bonchev–Trinajstić information content (AvgIpc) is 2.45. The highest BCUT2D eigenvalue weighted by Gasteiger charge is 2.25. The van der Waals surface area contributed by atoms with Gasteiger partial charge in [-0.15, -0.1) is 0 Å². The Morgan fingerprint density at radius 2 is 2.15 bits per heavy atom. The fourth-order valence-electron chi connectivity index (χ4n) is 2.38. The second-order valence-corrected chi connectivity index (χ2v) is 5.90. The summed E-state index contributed by atoms with van der Waals surface area (Å²) in [7, 11) is 0. The van der Waals surface area contributed by atoms with E-state index in [0.717, 1.165) is 44.1 Å². The number of aromatic nitrogens is 2. The van der Waals surface area contributed by atoms with Crippen LogP contribution in [0.2, 0.25) is 0 Å². The molecule has 0 aliphatic carbocycles. The SMILES string of the molecule is Cc1ccnc(N2CCC(C(=O)NCC(C)C)CC2)n1. The lowest BCUT2D eigenvalue weighted by molar-refractivity contribution is -0.125. The van der Waals surface area contributed by atoms with E-state index in [0.29, 0.717) is 5.92 Å². The van der Waals surface area contributed by atoms with Gasteiger partial charge in [-0.1, -0.05) is 13.8 Å². The van der Waals surface area contributed by atoms with Gasteiger partial charge in [0.05, 0.1) is 0 Å². The molecule has 1 amide bonds. The van der Waals surface area contributed by atoms with E-state index in [1.165, 1.54) is 0 Å². The van der Waals surface area contributed by atoms with Crippen molar-refractivity contribution in [3.63, 3.8) is 0 Å². The van der Waals surface area contributed by atoms with Crippen LogP contribution in [0.1, 0.15) is 32.4 Å². The van der Waals surface area contributed by atoms with Crippen molar-refractivity contribution in [2.24, 2.45) is 11.8 Å². The van der Waals surface area contributed by atoms with E-state index in [9.17, 15) is 4.79 Å². The summed E-state index contributed by atoms with van der Waals surface area (Å²) >= 11 is 0. The molecule has 0 bridgehead atoms. The predicted molar refractivity (Wildman–Crippen MR) is 79.6 cm³/mol. The van der Waals surface area contributed by atoms with Crippen LogP contribution in [-0.4, -0.2) is 35.5 Å². The molecule has 2 heterocycles. The maximum absolute atomic E-state index is 12.0. The molecule has 0 atom stereocenters. The fourth-order valence-corrected chi connectivity index (χ4v) is 2.38. The minimum atomic E-state index is 0.134. The summed E-state index contributed by atoms with van der Waals surface area (Å²) in [5.74, 6) is 1.61.